The first kappa shape index (κ1) is 31.0. The van der Waals surface area contributed by atoms with Gasteiger partial charge in [0.2, 0.25) is 0 Å². The maximum absolute atomic E-state index is 5.32. The molecule has 0 fully saturated rings. The van der Waals surface area contributed by atoms with E-state index >= 15 is 0 Å². The zero-order valence-corrected chi connectivity index (χ0v) is 29.7. The summed E-state index contributed by atoms with van der Waals surface area (Å²) in [5.41, 5.74) is 15.6. The number of aromatic nitrogens is 4. The van der Waals surface area contributed by atoms with Gasteiger partial charge >= 0.3 is 0 Å². The van der Waals surface area contributed by atoms with Crippen molar-refractivity contribution in [3.05, 3.63) is 129 Å². The van der Waals surface area contributed by atoms with Gasteiger partial charge < -0.3 is 9.13 Å². The molecule has 6 heteroatoms. The topological polar surface area (TPSA) is 42.1 Å². The molecule has 2 aliphatic rings. The van der Waals surface area contributed by atoms with Crippen LogP contribution in [0.3, 0.4) is 0 Å². The standard InChI is InChI=1S/C42H48N6/c1-25(2)47-37-19-29(7)27(5)17-35(37)43-39(47)23-45-21-31-13-9-11-15-33(31)41(45)42-34-16-12-10-14-32(34)22-46(42)24-40-44-36-18-28(6)30(8)20-38(36)48(40)26(3)4/h9-20,25-26,41-42H,21-24H2,1-8H3/t41-,42-/m1/s1. The minimum Gasteiger partial charge on any atom is -0.324 e. The number of rotatable bonds is 7. The molecule has 2 aliphatic heterocycles. The Labute approximate surface area is 285 Å². The summed E-state index contributed by atoms with van der Waals surface area (Å²) in [6.07, 6.45) is 0. The van der Waals surface area contributed by atoms with E-state index in [-0.39, 0.29) is 12.1 Å². The molecule has 0 bridgehead atoms. The molecular weight excluding hydrogens is 589 g/mol. The number of benzene rings is 4. The van der Waals surface area contributed by atoms with Gasteiger partial charge in [-0.3, -0.25) is 9.80 Å². The molecule has 2 atom stereocenters. The Hall–Kier alpha value is -4.26. The number of hydrogen-bond acceptors (Lipinski definition) is 4. The van der Waals surface area contributed by atoms with Gasteiger partial charge in [0.1, 0.15) is 11.6 Å². The minimum absolute atomic E-state index is 0.190. The number of fused-ring (bicyclic) bond motifs is 4. The van der Waals surface area contributed by atoms with Crippen molar-refractivity contribution >= 4 is 22.1 Å². The summed E-state index contributed by atoms with van der Waals surface area (Å²) in [6.45, 7) is 21.4. The van der Waals surface area contributed by atoms with E-state index < -0.39 is 0 Å². The zero-order valence-electron chi connectivity index (χ0n) is 29.7. The minimum atomic E-state index is 0.190. The molecule has 4 aromatic carbocycles. The van der Waals surface area contributed by atoms with Crippen LogP contribution in [0.25, 0.3) is 22.1 Å². The van der Waals surface area contributed by atoms with Crippen molar-refractivity contribution in [2.45, 2.75) is 106 Å². The Balaban J connectivity index is 1.24. The first-order chi connectivity index (χ1) is 23.1. The van der Waals surface area contributed by atoms with Gasteiger partial charge in [-0.05, 0) is 124 Å². The van der Waals surface area contributed by atoms with Crippen molar-refractivity contribution in [1.82, 2.24) is 28.9 Å². The Bertz CT molecular complexity index is 2030. The number of hydrogen-bond donors (Lipinski definition) is 0. The average Bonchev–Trinajstić information content (AvgIpc) is 3.77. The second-order valence-corrected chi connectivity index (χ2v) is 14.9. The van der Waals surface area contributed by atoms with Gasteiger partial charge in [-0.1, -0.05) is 48.5 Å². The second-order valence-electron chi connectivity index (χ2n) is 14.9. The van der Waals surface area contributed by atoms with Crippen LogP contribution >= 0.6 is 0 Å². The molecule has 0 amide bonds. The number of imidazole rings is 2. The lowest BCUT2D eigenvalue weighted by Gasteiger charge is -2.36. The summed E-state index contributed by atoms with van der Waals surface area (Å²) in [4.78, 5) is 16.0. The highest BCUT2D eigenvalue weighted by atomic mass is 15.3. The molecule has 0 radical (unpaired) electrons. The Morgan fingerprint density at radius 1 is 0.562 bits per heavy atom. The van der Waals surface area contributed by atoms with Crippen LogP contribution in [0.2, 0.25) is 0 Å². The highest BCUT2D eigenvalue weighted by molar-refractivity contribution is 5.79. The highest BCUT2D eigenvalue weighted by Crippen LogP contribution is 2.50. The first-order valence-electron chi connectivity index (χ1n) is 17.7. The first-order valence-corrected chi connectivity index (χ1v) is 17.7. The summed E-state index contributed by atoms with van der Waals surface area (Å²) in [5.74, 6) is 2.29. The lowest BCUT2D eigenvalue weighted by atomic mass is 9.92. The zero-order chi connectivity index (χ0) is 33.4. The maximum Gasteiger partial charge on any atom is 0.124 e. The maximum atomic E-state index is 5.32. The summed E-state index contributed by atoms with van der Waals surface area (Å²) >= 11 is 0. The summed E-state index contributed by atoms with van der Waals surface area (Å²) < 4.78 is 4.94. The predicted molar refractivity (Wildman–Crippen MR) is 196 cm³/mol. The molecule has 246 valence electrons. The predicted octanol–water partition coefficient (Wildman–Crippen LogP) is 9.60. The van der Waals surface area contributed by atoms with Crippen molar-refractivity contribution in [2.75, 3.05) is 0 Å². The molecule has 0 saturated carbocycles. The molecule has 0 unspecified atom stereocenters. The van der Waals surface area contributed by atoms with E-state index in [9.17, 15) is 0 Å². The third-order valence-corrected chi connectivity index (χ3v) is 11.1. The molecule has 0 aliphatic carbocycles. The van der Waals surface area contributed by atoms with Crippen LogP contribution in [-0.4, -0.2) is 28.9 Å². The van der Waals surface area contributed by atoms with E-state index in [2.05, 4.69) is 147 Å². The Kier molecular flexibility index (Phi) is 7.57. The van der Waals surface area contributed by atoms with Crippen LogP contribution in [-0.2, 0) is 26.2 Å². The average molecular weight is 637 g/mol. The van der Waals surface area contributed by atoms with Crippen molar-refractivity contribution in [1.29, 1.82) is 0 Å². The molecule has 4 heterocycles. The Morgan fingerprint density at radius 3 is 1.33 bits per heavy atom. The molecule has 6 nitrogen and oxygen atoms in total. The van der Waals surface area contributed by atoms with Crippen LogP contribution in [0.5, 0.6) is 0 Å². The fourth-order valence-corrected chi connectivity index (χ4v) is 8.55. The van der Waals surface area contributed by atoms with Crippen LogP contribution in [0.4, 0.5) is 0 Å². The summed E-state index contributed by atoms with van der Waals surface area (Å²) in [6, 6.07) is 28.4. The van der Waals surface area contributed by atoms with Crippen molar-refractivity contribution in [3.8, 4) is 0 Å². The van der Waals surface area contributed by atoms with Gasteiger partial charge in [0.05, 0.1) is 47.2 Å². The summed E-state index contributed by atoms with van der Waals surface area (Å²) in [7, 11) is 0. The van der Waals surface area contributed by atoms with Gasteiger partial charge in [0.25, 0.3) is 0 Å². The van der Waals surface area contributed by atoms with Crippen LogP contribution in [0, 0.1) is 27.7 Å². The third kappa shape index (κ3) is 5.00. The van der Waals surface area contributed by atoms with E-state index in [1.165, 1.54) is 55.5 Å². The molecule has 0 N–H and O–H groups in total. The van der Waals surface area contributed by atoms with E-state index in [1.807, 2.05) is 0 Å². The van der Waals surface area contributed by atoms with Gasteiger partial charge in [-0.15, -0.1) is 0 Å². The van der Waals surface area contributed by atoms with Gasteiger partial charge in [-0.25, -0.2) is 9.97 Å². The van der Waals surface area contributed by atoms with Crippen LogP contribution < -0.4 is 0 Å². The molecule has 0 saturated heterocycles. The van der Waals surface area contributed by atoms with E-state index in [0.717, 1.165) is 48.9 Å². The normalized spacial score (nSPS) is 18.2. The number of aryl methyl sites for hydroxylation is 4. The van der Waals surface area contributed by atoms with E-state index in [0.29, 0.717) is 12.1 Å². The van der Waals surface area contributed by atoms with Crippen molar-refractivity contribution in [3.63, 3.8) is 0 Å². The molecule has 2 aromatic heterocycles. The van der Waals surface area contributed by atoms with Crippen molar-refractivity contribution < 1.29 is 0 Å². The molecular formula is C42H48N6. The largest absolute Gasteiger partial charge is 0.324 e. The summed E-state index contributed by atoms with van der Waals surface area (Å²) in [5, 5.41) is 0. The number of nitrogens with zero attached hydrogens (tertiary/aromatic N) is 6. The second kappa shape index (κ2) is 11.7. The monoisotopic (exact) mass is 636 g/mol. The van der Waals surface area contributed by atoms with Gasteiger partial charge in [0.15, 0.2) is 0 Å². The van der Waals surface area contributed by atoms with Gasteiger partial charge in [0, 0.05) is 25.2 Å². The molecule has 0 spiro atoms. The fourth-order valence-electron chi connectivity index (χ4n) is 8.55. The van der Waals surface area contributed by atoms with Gasteiger partial charge in [-0.2, -0.15) is 0 Å². The van der Waals surface area contributed by atoms with Crippen LogP contribution in [0.15, 0.2) is 72.8 Å². The van der Waals surface area contributed by atoms with Crippen molar-refractivity contribution in [2.24, 2.45) is 0 Å². The quantitative estimate of drug-likeness (QED) is 0.175. The molecule has 6 aromatic rings. The van der Waals surface area contributed by atoms with Crippen LogP contribution in [0.1, 0.15) is 108 Å². The SMILES string of the molecule is Cc1cc2nc(CN3Cc4ccccc4[C@@H]3[C@H]3c4ccccc4CN3Cc3nc4cc(C)c(C)cc4n3C(C)C)n(C(C)C)c2cc1C. The lowest BCUT2D eigenvalue weighted by Crippen LogP contribution is -2.35. The molecule has 8 rings (SSSR count). The van der Waals surface area contributed by atoms with E-state index in [1.54, 1.807) is 0 Å². The fraction of sp³-hybridized carbons (Fsp3) is 0.381. The van der Waals surface area contributed by atoms with E-state index in [4.69, 9.17) is 9.97 Å². The lowest BCUT2D eigenvalue weighted by molar-refractivity contribution is 0.0786. The Morgan fingerprint density at radius 2 is 0.938 bits per heavy atom. The molecule has 48 heavy (non-hydrogen) atoms. The third-order valence-electron chi connectivity index (χ3n) is 11.1. The smallest absolute Gasteiger partial charge is 0.124 e. The highest BCUT2D eigenvalue weighted by Gasteiger charge is 2.44.